The number of aromatic nitrogens is 1. The van der Waals surface area contributed by atoms with Gasteiger partial charge in [-0.15, -0.1) is 0 Å². The average Bonchev–Trinajstić information content (AvgIpc) is 2.67. The molecule has 1 aromatic carbocycles. The molecule has 0 radical (unpaired) electrons. The van der Waals surface area contributed by atoms with Gasteiger partial charge in [0.1, 0.15) is 17.2 Å². The highest BCUT2D eigenvalue weighted by Gasteiger charge is 2.32. The van der Waals surface area contributed by atoms with Crippen molar-refractivity contribution in [2.45, 2.75) is 19.6 Å². The molecule has 1 aromatic heterocycles. The molecule has 0 saturated carbocycles. The van der Waals surface area contributed by atoms with Crippen molar-refractivity contribution < 1.29 is 35.2 Å². The lowest BCUT2D eigenvalue weighted by atomic mass is 10.2. The van der Waals surface area contributed by atoms with Gasteiger partial charge in [-0.05, 0) is 42.8 Å². The first-order valence-corrected chi connectivity index (χ1v) is 10.9. The van der Waals surface area contributed by atoms with Gasteiger partial charge in [0.25, 0.3) is 0 Å². The van der Waals surface area contributed by atoms with Crippen LogP contribution in [0.15, 0.2) is 30.3 Å². The maximum absolute atomic E-state index is 14.0. The fourth-order valence-corrected chi connectivity index (χ4v) is 3.06. The van der Waals surface area contributed by atoms with E-state index in [0.717, 1.165) is 36.6 Å². The molecule has 2 aromatic rings. The third-order valence-corrected chi connectivity index (χ3v) is 4.41. The summed E-state index contributed by atoms with van der Waals surface area (Å²) < 4.78 is 90.4. The maximum atomic E-state index is 14.0. The first-order chi connectivity index (χ1) is 14.8. The minimum Gasteiger partial charge on any atom is -0.370 e. The minimum atomic E-state index is -4.62. The van der Waals surface area contributed by atoms with Crippen molar-refractivity contribution in [2.24, 2.45) is 0 Å². The number of halogens is 5. The Labute approximate surface area is 180 Å². The third kappa shape index (κ3) is 7.18. The summed E-state index contributed by atoms with van der Waals surface area (Å²) in [4.78, 5) is 15.5. The second-order valence-electron chi connectivity index (χ2n) is 6.52. The molecule has 174 valence electrons. The number of benzene rings is 1. The molecule has 7 nitrogen and oxygen atoms in total. The van der Waals surface area contributed by atoms with E-state index in [4.69, 9.17) is 0 Å². The topological polar surface area (TPSA) is 100 Å². The van der Waals surface area contributed by atoms with Crippen LogP contribution in [-0.4, -0.2) is 32.1 Å². The van der Waals surface area contributed by atoms with E-state index in [0.29, 0.717) is 6.54 Å². The molecule has 0 aliphatic carbocycles. The van der Waals surface area contributed by atoms with Gasteiger partial charge < -0.3 is 10.6 Å². The fraction of sp³-hybridized carbons (Fsp3) is 0.263. The molecule has 2 rings (SSSR count). The van der Waals surface area contributed by atoms with Crippen molar-refractivity contribution in [3.8, 4) is 0 Å². The van der Waals surface area contributed by atoms with Gasteiger partial charge in [-0.2, -0.15) is 13.2 Å². The molecule has 0 unspecified atom stereocenters. The number of carbonyl (C=O) groups is 1. The van der Waals surface area contributed by atoms with E-state index in [1.54, 1.807) is 11.6 Å². The van der Waals surface area contributed by atoms with Gasteiger partial charge in [-0.25, -0.2) is 22.2 Å². The van der Waals surface area contributed by atoms with Crippen LogP contribution in [-0.2, 0) is 27.5 Å². The first kappa shape index (κ1) is 25.0. The Bertz CT molecular complexity index is 1110. The predicted molar refractivity (Wildman–Crippen MR) is 109 cm³/mol. The predicted octanol–water partition coefficient (Wildman–Crippen LogP) is 3.51. The van der Waals surface area contributed by atoms with Crippen LogP contribution in [0.3, 0.4) is 0 Å². The van der Waals surface area contributed by atoms with Crippen molar-refractivity contribution in [3.63, 3.8) is 0 Å². The molecule has 0 aliphatic rings. The number of anilines is 2. The van der Waals surface area contributed by atoms with E-state index in [1.165, 1.54) is 6.08 Å². The molecule has 0 fully saturated rings. The Morgan fingerprint density at radius 2 is 1.78 bits per heavy atom. The normalized spacial score (nSPS) is 12.1. The Kier molecular flexibility index (Phi) is 7.78. The molecule has 0 aliphatic heterocycles. The summed E-state index contributed by atoms with van der Waals surface area (Å²) in [6.07, 6.45) is -1.63. The highest BCUT2D eigenvalue weighted by Crippen LogP contribution is 2.29. The number of carbonyl (C=O) groups excluding carboxylic acids is 1. The summed E-state index contributed by atoms with van der Waals surface area (Å²) in [6, 6.07) is 3.62. The molecule has 0 atom stereocenters. The Morgan fingerprint density at radius 1 is 1.16 bits per heavy atom. The number of hydrogen-bond donors (Lipinski definition) is 3. The lowest BCUT2D eigenvalue weighted by Gasteiger charge is -2.11. The molecule has 32 heavy (non-hydrogen) atoms. The standard InChI is InChI=1S/C19H19F5N4O3S/c1-3-25-18-12(4-6-15(27-18)19(22,23)24)5-7-16(29)26-10-11-8-13(20)17(14(21)9-11)28-32(2,30)31/h4-9,28H,3,10H2,1-2H3,(H,25,27)(H,26,29)/b7-5+. The summed E-state index contributed by atoms with van der Waals surface area (Å²) in [5.74, 6) is -3.08. The number of rotatable bonds is 8. The molecule has 1 amide bonds. The van der Waals surface area contributed by atoms with Crippen molar-refractivity contribution in [1.82, 2.24) is 10.3 Å². The quantitative estimate of drug-likeness (QED) is 0.398. The summed E-state index contributed by atoms with van der Waals surface area (Å²) >= 11 is 0. The number of pyridine rings is 1. The summed E-state index contributed by atoms with van der Waals surface area (Å²) in [6.45, 7) is 1.67. The zero-order chi connectivity index (χ0) is 24.1. The van der Waals surface area contributed by atoms with Crippen molar-refractivity contribution >= 4 is 33.5 Å². The number of amides is 1. The Balaban J connectivity index is 2.10. The van der Waals surface area contributed by atoms with E-state index < -0.39 is 45.1 Å². The second kappa shape index (κ2) is 9.94. The smallest absolute Gasteiger partial charge is 0.370 e. The van der Waals surface area contributed by atoms with E-state index in [1.807, 2.05) is 0 Å². The molecule has 3 N–H and O–H groups in total. The van der Waals surface area contributed by atoms with Crippen LogP contribution >= 0.6 is 0 Å². The van der Waals surface area contributed by atoms with E-state index in [-0.39, 0.29) is 23.5 Å². The number of nitrogens with one attached hydrogen (secondary N) is 3. The Hall–Kier alpha value is -3.22. The molecule has 0 bridgehead atoms. The first-order valence-electron chi connectivity index (χ1n) is 9.04. The van der Waals surface area contributed by atoms with Crippen LogP contribution in [0.4, 0.5) is 33.5 Å². The van der Waals surface area contributed by atoms with Gasteiger partial charge in [0.2, 0.25) is 15.9 Å². The number of alkyl halides is 3. The van der Waals surface area contributed by atoms with Crippen LogP contribution in [0.25, 0.3) is 6.08 Å². The van der Waals surface area contributed by atoms with Gasteiger partial charge in [0.05, 0.1) is 6.26 Å². The summed E-state index contributed by atoms with van der Waals surface area (Å²) in [5.41, 5.74) is -1.69. The van der Waals surface area contributed by atoms with Gasteiger partial charge in [0.15, 0.2) is 11.6 Å². The van der Waals surface area contributed by atoms with Crippen LogP contribution in [0, 0.1) is 11.6 Å². The number of hydrogen-bond acceptors (Lipinski definition) is 5. The SMILES string of the molecule is CCNc1nc(C(F)(F)F)ccc1/C=C/C(=O)NCc1cc(F)c(NS(C)(=O)=O)c(F)c1. The second-order valence-corrected chi connectivity index (χ2v) is 8.27. The monoisotopic (exact) mass is 478 g/mol. The van der Waals surface area contributed by atoms with Crippen LogP contribution in [0.2, 0.25) is 0 Å². The lowest BCUT2D eigenvalue weighted by molar-refractivity contribution is -0.141. The zero-order valence-electron chi connectivity index (χ0n) is 16.8. The van der Waals surface area contributed by atoms with Crippen molar-refractivity contribution in [2.75, 3.05) is 22.8 Å². The van der Waals surface area contributed by atoms with E-state index >= 15 is 0 Å². The molecular weight excluding hydrogens is 459 g/mol. The van der Waals surface area contributed by atoms with Crippen LogP contribution in [0.1, 0.15) is 23.7 Å². The maximum Gasteiger partial charge on any atom is 0.433 e. The van der Waals surface area contributed by atoms with E-state index in [9.17, 15) is 35.2 Å². The molecular formula is C19H19F5N4O3S. The average molecular weight is 478 g/mol. The van der Waals surface area contributed by atoms with Crippen molar-refractivity contribution in [3.05, 3.63) is 58.8 Å². The largest absolute Gasteiger partial charge is 0.433 e. The molecule has 0 spiro atoms. The fourth-order valence-electron chi connectivity index (χ4n) is 2.50. The Morgan fingerprint density at radius 3 is 2.31 bits per heavy atom. The molecule has 13 heteroatoms. The minimum absolute atomic E-state index is 0.0188. The third-order valence-electron chi connectivity index (χ3n) is 3.83. The summed E-state index contributed by atoms with van der Waals surface area (Å²) in [7, 11) is -3.89. The van der Waals surface area contributed by atoms with Gasteiger partial charge in [0, 0.05) is 24.7 Å². The number of sulfonamides is 1. The van der Waals surface area contributed by atoms with Crippen molar-refractivity contribution in [1.29, 1.82) is 0 Å². The van der Waals surface area contributed by atoms with E-state index in [2.05, 4.69) is 15.6 Å². The van der Waals surface area contributed by atoms with Gasteiger partial charge >= 0.3 is 6.18 Å². The van der Waals surface area contributed by atoms with Crippen LogP contribution < -0.4 is 15.4 Å². The highest BCUT2D eigenvalue weighted by molar-refractivity contribution is 7.92. The molecule has 1 heterocycles. The van der Waals surface area contributed by atoms with Gasteiger partial charge in [-0.3, -0.25) is 9.52 Å². The lowest BCUT2D eigenvalue weighted by Crippen LogP contribution is -2.21. The highest BCUT2D eigenvalue weighted by atomic mass is 32.2. The van der Waals surface area contributed by atoms with Gasteiger partial charge in [-0.1, -0.05) is 0 Å². The van der Waals surface area contributed by atoms with Crippen LogP contribution in [0.5, 0.6) is 0 Å². The summed E-state index contributed by atoms with van der Waals surface area (Å²) in [5, 5.41) is 5.04. The molecule has 0 saturated heterocycles. The number of nitrogens with zero attached hydrogens (tertiary/aromatic N) is 1. The zero-order valence-corrected chi connectivity index (χ0v) is 17.7.